The maximum absolute atomic E-state index is 5.94. The zero-order chi connectivity index (χ0) is 15.6. The summed E-state index contributed by atoms with van der Waals surface area (Å²) in [5.74, 6) is 2.49. The van der Waals surface area contributed by atoms with Gasteiger partial charge in [-0.25, -0.2) is 9.97 Å². The minimum Gasteiger partial charge on any atom is -0.439 e. The van der Waals surface area contributed by atoms with Crippen LogP contribution in [0.3, 0.4) is 0 Å². The van der Waals surface area contributed by atoms with Crippen molar-refractivity contribution >= 4 is 5.82 Å². The summed E-state index contributed by atoms with van der Waals surface area (Å²) in [4.78, 5) is 8.27. The second-order valence-corrected chi connectivity index (χ2v) is 5.91. The number of ether oxygens (including phenoxy) is 1. The van der Waals surface area contributed by atoms with E-state index in [1.54, 1.807) is 0 Å². The highest BCUT2D eigenvalue weighted by atomic mass is 16.5. The lowest BCUT2D eigenvalue weighted by Gasteiger charge is -2.15. The van der Waals surface area contributed by atoms with Gasteiger partial charge in [0.05, 0.1) is 5.56 Å². The Balaban J connectivity index is 2.35. The lowest BCUT2D eigenvalue weighted by Crippen LogP contribution is -2.04. The van der Waals surface area contributed by atoms with Crippen LogP contribution >= 0.6 is 0 Å². The molecule has 4 heteroatoms. The van der Waals surface area contributed by atoms with E-state index in [9.17, 15) is 0 Å². The third-order valence-electron chi connectivity index (χ3n) is 3.53. The van der Waals surface area contributed by atoms with Crippen LogP contribution in [-0.4, -0.2) is 9.97 Å². The topological polar surface area (TPSA) is 61.0 Å². The molecule has 0 aliphatic carbocycles. The van der Waals surface area contributed by atoms with E-state index in [1.165, 1.54) is 17.5 Å². The molecule has 1 aromatic heterocycles. The molecular formula is C17H23N3O. The van der Waals surface area contributed by atoms with Crippen LogP contribution in [0.1, 0.15) is 56.2 Å². The Morgan fingerprint density at radius 1 is 1.05 bits per heavy atom. The molecule has 0 unspecified atom stereocenters. The van der Waals surface area contributed by atoms with Crippen LogP contribution < -0.4 is 10.5 Å². The quantitative estimate of drug-likeness (QED) is 0.904. The summed E-state index contributed by atoms with van der Waals surface area (Å²) in [6.07, 6.45) is 1.44. The molecule has 1 aromatic carbocycles. The van der Waals surface area contributed by atoms with Gasteiger partial charge < -0.3 is 10.5 Å². The van der Waals surface area contributed by atoms with Crippen molar-refractivity contribution in [3.05, 3.63) is 41.2 Å². The minimum absolute atomic E-state index is 0.206. The van der Waals surface area contributed by atoms with Crippen molar-refractivity contribution in [1.29, 1.82) is 0 Å². The Morgan fingerprint density at radius 2 is 1.76 bits per heavy atom. The molecule has 0 aliphatic heterocycles. The van der Waals surface area contributed by atoms with Gasteiger partial charge in [-0.1, -0.05) is 33.8 Å². The second-order valence-electron chi connectivity index (χ2n) is 5.91. The first-order valence-corrected chi connectivity index (χ1v) is 7.29. The van der Waals surface area contributed by atoms with E-state index in [4.69, 9.17) is 10.5 Å². The standard InChI is InChI=1S/C17H23N3O/c1-10(2)14-7-6-13(8-12(14)5)21-17-15(11(3)4)16(18)19-9-20-17/h6-11H,1-5H3,(H2,18,19,20). The third-order valence-corrected chi connectivity index (χ3v) is 3.53. The third kappa shape index (κ3) is 3.32. The summed E-state index contributed by atoms with van der Waals surface area (Å²) in [6, 6.07) is 6.12. The molecule has 0 aliphatic rings. The molecule has 0 saturated carbocycles. The summed E-state index contributed by atoms with van der Waals surface area (Å²) in [6.45, 7) is 10.6. The molecule has 0 fully saturated rings. The first-order chi connectivity index (χ1) is 9.90. The van der Waals surface area contributed by atoms with Gasteiger partial charge in [0.25, 0.3) is 0 Å². The Bertz CT molecular complexity index is 636. The highest BCUT2D eigenvalue weighted by molar-refractivity contribution is 5.48. The van der Waals surface area contributed by atoms with E-state index in [1.807, 2.05) is 12.1 Å². The molecule has 4 nitrogen and oxygen atoms in total. The van der Waals surface area contributed by atoms with Crippen molar-refractivity contribution in [1.82, 2.24) is 9.97 Å². The van der Waals surface area contributed by atoms with E-state index in [0.717, 1.165) is 11.3 Å². The fraction of sp³-hybridized carbons (Fsp3) is 0.412. The zero-order valence-corrected chi connectivity index (χ0v) is 13.3. The first kappa shape index (κ1) is 15.3. The summed E-state index contributed by atoms with van der Waals surface area (Å²) in [5, 5.41) is 0. The van der Waals surface area contributed by atoms with Crippen molar-refractivity contribution in [2.45, 2.75) is 46.5 Å². The Kier molecular flexibility index (Phi) is 4.46. The van der Waals surface area contributed by atoms with E-state index in [2.05, 4.69) is 50.7 Å². The Hall–Kier alpha value is -2.10. The fourth-order valence-electron chi connectivity index (χ4n) is 2.49. The van der Waals surface area contributed by atoms with Crippen molar-refractivity contribution in [3.63, 3.8) is 0 Å². The van der Waals surface area contributed by atoms with Crippen molar-refractivity contribution in [3.8, 4) is 11.6 Å². The first-order valence-electron chi connectivity index (χ1n) is 7.29. The molecule has 2 aromatic rings. The molecule has 0 saturated heterocycles. The van der Waals surface area contributed by atoms with E-state index in [0.29, 0.717) is 17.6 Å². The summed E-state index contributed by atoms with van der Waals surface area (Å²) < 4.78 is 5.94. The number of aryl methyl sites for hydroxylation is 1. The van der Waals surface area contributed by atoms with Crippen LogP contribution in [0.15, 0.2) is 24.5 Å². The number of hydrogen-bond donors (Lipinski definition) is 1. The highest BCUT2D eigenvalue weighted by Gasteiger charge is 2.15. The predicted octanol–water partition coefficient (Wildman–Crippen LogP) is 4.41. The smallest absolute Gasteiger partial charge is 0.227 e. The number of rotatable bonds is 4. The average Bonchev–Trinajstić information content (AvgIpc) is 2.37. The Morgan fingerprint density at radius 3 is 2.33 bits per heavy atom. The van der Waals surface area contributed by atoms with Crippen molar-refractivity contribution < 1.29 is 4.74 Å². The molecular weight excluding hydrogens is 262 g/mol. The zero-order valence-electron chi connectivity index (χ0n) is 13.3. The van der Waals surface area contributed by atoms with Gasteiger partial charge in [-0.15, -0.1) is 0 Å². The van der Waals surface area contributed by atoms with Gasteiger partial charge in [0.2, 0.25) is 5.88 Å². The average molecular weight is 285 g/mol. The SMILES string of the molecule is Cc1cc(Oc2ncnc(N)c2C(C)C)ccc1C(C)C. The maximum Gasteiger partial charge on any atom is 0.227 e. The van der Waals surface area contributed by atoms with Crippen LogP contribution in [0, 0.1) is 6.92 Å². The molecule has 112 valence electrons. The number of hydrogen-bond acceptors (Lipinski definition) is 4. The molecule has 0 amide bonds. The predicted molar refractivity (Wildman–Crippen MR) is 85.9 cm³/mol. The van der Waals surface area contributed by atoms with Gasteiger partial charge in [0, 0.05) is 0 Å². The minimum atomic E-state index is 0.206. The summed E-state index contributed by atoms with van der Waals surface area (Å²) in [7, 11) is 0. The highest BCUT2D eigenvalue weighted by Crippen LogP contribution is 2.32. The summed E-state index contributed by atoms with van der Waals surface area (Å²) in [5.41, 5.74) is 9.33. The van der Waals surface area contributed by atoms with Crippen LogP contribution in [0.2, 0.25) is 0 Å². The molecule has 1 heterocycles. The van der Waals surface area contributed by atoms with Crippen LogP contribution in [0.25, 0.3) is 0 Å². The van der Waals surface area contributed by atoms with Crippen molar-refractivity contribution in [2.24, 2.45) is 0 Å². The lowest BCUT2D eigenvalue weighted by atomic mass is 9.98. The fourth-order valence-corrected chi connectivity index (χ4v) is 2.49. The molecule has 21 heavy (non-hydrogen) atoms. The largest absolute Gasteiger partial charge is 0.439 e. The van der Waals surface area contributed by atoms with Gasteiger partial charge in [0.15, 0.2) is 0 Å². The van der Waals surface area contributed by atoms with Gasteiger partial charge in [-0.05, 0) is 42.0 Å². The number of benzene rings is 1. The van der Waals surface area contributed by atoms with E-state index in [-0.39, 0.29) is 5.92 Å². The molecule has 2 rings (SSSR count). The number of aromatic nitrogens is 2. The molecule has 0 atom stereocenters. The van der Waals surface area contributed by atoms with Crippen LogP contribution in [0.5, 0.6) is 11.6 Å². The normalized spacial score (nSPS) is 11.2. The number of nitrogens with zero attached hydrogens (tertiary/aromatic N) is 2. The monoisotopic (exact) mass is 285 g/mol. The number of nitrogens with two attached hydrogens (primary N) is 1. The lowest BCUT2D eigenvalue weighted by molar-refractivity contribution is 0.451. The molecule has 0 radical (unpaired) electrons. The molecule has 2 N–H and O–H groups in total. The van der Waals surface area contributed by atoms with Crippen LogP contribution in [-0.2, 0) is 0 Å². The summed E-state index contributed by atoms with van der Waals surface area (Å²) >= 11 is 0. The van der Waals surface area contributed by atoms with Gasteiger partial charge in [-0.3, -0.25) is 0 Å². The van der Waals surface area contributed by atoms with Crippen LogP contribution in [0.4, 0.5) is 5.82 Å². The Labute approximate surface area is 126 Å². The number of anilines is 1. The van der Waals surface area contributed by atoms with E-state index >= 15 is 0 Å². The maximum atomic E-state index is 5.94. The number of nitrogen functional groups attached to an aromatic ring is 1. The van der Waals surface area contributed by atoms with Crippen molar-refractivity contribution in [2.75, 3.05) is 5.73 Å². The van der Waals surface area contributed by atoms with Gasteiger partial charge in [-0.2, -0.15) is 0 Å². The van der Waals surface area contributed by atoms with Gasteiger partial charge in [0.1, 0.15) is 17.9 Å². The van der Waals surface area contributed by atoms with Gasteiger partial charge >= 0.3 is 0 Å². The molecule has 0 spiro atoms. The second kappa shape index (κ2) is 6.12. The van der Waals surface area contributed by atoms with E-state index < -0.39 is 0 Å². The molecule has 0 bridgehead atoms.